The predicted octanol–water partition coefficient (Wildman–Crippen LogP) is 2.96. The van der Waals surface area contributed by atoms with Crippen molar-refractivity contribution in [2.24, 2.45) is 0 Å². The number of aliphatic hydroxyl groups is 1. The van der Waals surface area contributed by atoms with Crippen molar-refractivity contribution in [1.82, 2.24) is 5.32 Å². The average molecular weight is 342 g/mol. The van der Waals surface area contributed by atoms with Crippen LogP contribution in [-0.4, -0.2) is 30.7 Å². The summed E-state index contributed by atoms with van der Waals surface area (Å²) in [5.74, 6) is 0.563. The van der Waals surface area contributed by atoms with E-state index < -0.39 is 12.1 Å². The van der Waals surface area contributed by atoms with E-state index in [0.29, 0.717) is 0 Å². The van der Waals surface area contributed by atoms with Crippen LogP contribution in [0, 0.1) is 13.8 Å². The Morgan fingerprint density at radius 1 is 1.12 bits per heavy atom. The first kappa shape index (κ1) is 18.8. The van der Waals surface area contributed by atoms with Crippen LogP contribution in [-0.2, 0) is 4.79 Å². The molecule has 0 bridgehead atoms. The molecule has 0 spiro atoms. The Bertz CT molecular complexity index is 693. The number of nitrogens with one attached hydrogen (secondary N) is 2. The smallest absolute Gasteiger partial charge is 0.239 e. The van der Waals surface area contributed by atoms with Crippen LogP contribution in [0.5, 0.6) is 5.75 Å². The van der Waals surface area contributed by atoms with E-state index in [1.807, 2.05) is 32.0 Å². The SMILES string of the molecule is COc1ccc(C(O)C(C)NC(=O)CNc2c(C)cccc2C)cc1. The molecule has 2 rings (SSSR count). The predicted molar refractivity (Wildman–Crippen MR) is 100.0 cm³/mol. The van der Waals surface area contributed by atoms with Gasteiger partial charge in [0, 0.05) is 5.69 Å². The number of amides is 1. The molecule has 0 fully saturated rings. The van der Waals surface area contributed by atoms with E-state index in [2.05, 4.69) is 10.6 Å². The van der Waals surface area contributed by atoms with Gasteiger partial charge >= 0.3 is 0 Å². The summed E-state index contributed by atoms with van der Waals surface area (Å²) in [7, 11) is 1.59. The van der Waals surface area contributed by atoms with E-state index >= 15 is 0 Å². The van der Waals surface area contributed by atoms with E-state index in [9.17, 15) is 9.90 Å². The minimum atomic E-state index is -0.782. The third kappa shape index (κ3) is 4.97. The molecule has 0 saturated heterocycles. The van der Waals surface area contributed by atoms with Gasteiger partial charge in [-0.25, -0.2) is 0 Å². The van der Waals surface area contributed by atoms with Gasteiger partial charge < -0.3 is 20.5 Å². The molecule has 2 unspecified atom stereocenters. The highest BCUT2D eigenvalue weighted by Gasteiger charge is 2.18. The Morgan fingerprint density at radius 3 is 2.28 bits per heavy atom. The number of para-hydroxylation sites is 1. The van der Waals surface area contributed by atoms with Crippen molar-refractivity contribution in [3.05, 3.63) is 59.2 Å². The Morgan fingerprint density at radius 2 is 1.72 bits per heavy atom. The molecule has 134 valence electrons. The zero-order valence-electron chi connectivity index (χ0n) is 15.2. The second-order valence-corrected chi connectivity index (χ2v) is 6.19. The first-order valence-corrected chi connectivity index (χ1v) is 8.34. The maximum Gasteiger partial charge on any atom is 0.239 e. The molecule has 5 nitrogen and oxygen atoms in total. The standard InChI is InChI=1S/C20H26N2O3/c1-13-6-5-7-14(2)19(13)21-12-18(23)22-15(3)20(24)16-8-10-17(25-4)11-9-16/h5-11,15,20-21,24H,12H2,1-4H3,(H,22,23). The molecule has 1 amide bonds. The van der Waals surface area contributed by atoms with Gasteiger partial charge in [0.25, 0.3) is 0 Å². The number of rotatable bonds is 7. The maximum atomic E-state index is 12.2. The molecule has 0 heterocycles. The van der Waals surface area contributed by atoms with Gasteiger partial charge in [-0.05, 0) is 49.6 Å². The lowest BCUT2D eigenvalue weighted by Gasteiger charge is -2.21. The number of aliphatic hydroxyl groups excluding tert-OH is 1. The van der Waals surface area contributed by atoms with Gasteiger partial charge in [0.15, 0.2) is 0 Å². The van der Waals surface area contributed by atoms with Gasteiger partial charge in [0.2, 0.25) is 5.91 Å². The molecule has 3 N–H and O–H groups in total. The second kappa shape index (κ2) is 8.53. The van der Waals surface area contributed by atoms with Gasteiger partial charge in [-0.3, -0.25) is 4.79 Å². The van der Waals surface area contributed by atoms with Crippen LogP contribution >= 0.6 is 0 Å². The minimum absolute atomic E-state index is 0.158. The first-order valence-electron chi connectivity index (χ1n) is 8.34. The number of carbonyl (C=O) groups is 1. The van der Waals surface area contributed by atoms with Gasteiger partial charge in [0.1, 0.15) is 5.75 Å². The molecular formula is C20H26N2O3. The normalized spacial score (nSPS) is 13.0. The van der Waals surface area contributed by atoms with Gasteiger partial charge in [-0.2, -0.15) is 0 Å². The van der Waals surface area contributed by atoms with Crippen molar-refractivity contribution in [3.8, 4) is 5.75 Å². The van der Waals surface area contributed by atoms with Crippen LogP contribution in [0.25, 0.3) is 0 Å². The van der Waals surface area contributed by atoms with Crippen LogP contribution in [0.2, 0.25) is 0 Å². The molecule has 0 saturated carbocycles. The number of carbonyl (C=O) groups excluding carboxylic acids is 1. The number of methoxy groups -OCH3 is 1. The summed E-state index contributed by atoms with van der Waals surface area (Å²) in [5, 5.41) is 16.4. The van der Waals surface area contributed by atoms with Crippen molar-refractivity contribution < 1.29 is 14.6 Å². The van der Waals surface area contributed by atoms with Crippen LogP contribution in [0.15, 0.2) is 42.5 Å². The zero-order chi connectivity index (χ0) is 18.4. The third-order valence-electron chi connectivity index (χ3n) is 4.23. The van der Waals surface area contributed by atoms with Crippen molar-refractivity contribution in [2.45, 2.75) is 32.9 Å². The Balaban J connectivity index is 1.90. The fourth-order valence-electron chi connectivity index (χ4n) is 2.74. The molecule has 0 aliphatic heterocycles. The molecule has 2 atom stereocenters. The number of benzene rings is 2. The summed E-state index contributed by atoms with van der Waals surface area (Å²) in [6, 6.07) is 12.8. The summed E-state index contributed by atoms with van der Waals surface area (Å²) >= 11 is 0. The molecule has 0 aliphatic rings. The monoisotopic (exact) mass is 342 g/mol. The highest BCUT2D eigenvalue weighted by atomic mass is 16.5. The van der Waals surface area contributed by atoms with Crippen LogP contribution in [0.3, 0.4) is 0 Å². The highest BCUT2D eigenvalue weighted by Crippen LogP contribution is 2.21. The molecule has 0 radical (unpaired) electrons. The number of hydrogen-bond acceptors (Lipinski definition) is 4. The lowest BCUT2D eigenvalue weighted by atomic mass is 10.0. The van der Waals surface area contributed by atoms with Gasteiger partial charge in [-0.1, -0.05) is 30.3 Å². The Labute approximate surface area is 149 Å². The van der Waals surface area contributed by atoms with Crippen molar-refractivity contribution >= 4 is 11.6 Å². The zero-order valence-corrected chi connectivity index (χ0v) is 15.2. The highest BCUT2D eigenvalue weighted by molar-refractivity contribution is 5.81. The van der Waals surface area contributed by atoms with Gasteiger partial charge in [0.05, 0.1) is 25.8 Å². The molecule has 25 heavy (non-hydrogen) atoms. The summed E-state index contributed by atoms with van der Waals surface area (Å²) < 4.78 is 5.11. The van der Waals surface area contributed by atoms with E-state index in [1.54, 1.807) is 38.3 Å². The molecule has 2 aromatic rings. The second-order valence-electron chi connectivity index (χ2n) is 6.19. The largest absolute Gasteiger partial charge is 0.497 e. The summed E-state index contributed by atoms with van der Waals surface area (Å²) in [5.41, 5.74) is 3.90. The molecule has 5 heteroatoms. The van der Waals surface area contributed by atoms with E-state index in [1.165, 1.54) is 0 Å². The van der Waals surface area contributed by atoms with E-state index in [-0.39, 0.29) is 12.5 Å². The molecule has 0 aromatic heterocycles. The fourth-order valence-corrected chi connectivity index (χ4v) is 2.74. The Kier molecular flexibility index (Phi) is 6.42. The third-order valence-corrected chi connectivity index (χ3v) is 4.23. The maximum absolute atomic E-state index is 12.2. The van der Waals surface area contributed by atoms with Crippen molar-refractivity contribution in [2.75, 3.05) is 19.0 Å². The number of hydrogen-bond donors (Lipinski definition) is 3. The summed E-state index contributed by atoms with van der Waals surface area (Å²) in [6.45, 7) is 5.95. The molecule has 0 aliphatic carbocycles. The van der Waals surface area contributed by atoms with Crippen molar-refractivity contribution in [3.63, 3.8) is 0 Å². The van der Waals surface area contributed by atoms with Crippen LogP contribution in [0.1, 0.15) is 29.7 Å². The topological polar surface area (TPSA) is 70.6 Å². The fraction of sp³-hybridized carbons (Fsp3) is 0.350. The van der Waals surface area contributed by atoms with Crippen LogP contribution < -0.4 is 15.4 Å². The summed E-state index contributed by atoms with van der Waals surface area (Å²) in [4.78, 5) is 12.2. The van der Waals surface area contributed by atoms with E-state index in [0.717, 1.165) is 28.1 Å². The van der Waals surface area contributed by atoms with E-state index in [4.69, 9.17) is 4.74 Å². The number of anilines is 1. The number of ether oxygens (including phenoxy) is 1. The lowest BCUT2D eigenvalue weighted by Crippen LogP contribution is -2.40. The first-order chi connectivity index (χ1) is 11.9. The molecular weight excluding hydrogens is 316 g/mol. The van der Waals surface area contributed by atoms with Gasteiger partial charge in [-0.15, -0.1) is 0 Å². The van der Waals surface area contributed by atoms with Crippen molar-refractivity contribution in [1.29, 1.82) is 0 Å². The number of aryl methyl sites for hydroxylation is 2. The average Bonchev–Trinajstić information content (AvgIpc) is 2.60. The van der Waals surface area contributed by atoms with Crippen LogP contribution in [0.4, 0.5) is 5.69 Å². The minimum Gasteiger partial charge on any atom is -0.497 e. The Hall–Kier alpha value is -2.53. The summed E-state index contributed by atoms with van der Waals surface area (Å²) in [6.07, 6.45) is -0.782. The quantitative estimate of drug-likeness (QED) is 0.723. The molecule has 2 aromatic carbocycles. The lowest BCUT2D eigenvalue weighted by molar-refractivity contribution is -0.120.